The second kappa shape index (κ2) is 6.68. The maximum atomic E-state index is 12.4. The molecule has 2 heterocycles. The standard InChI is InChI=1S/C20H15N3O3/c1-25-18-15(22-19(24)13-6-3-2-4-7-13)9-10-16-17(18)23-20(26-16)14-8-5-11-21-12-14/h2-12H,1H3,(H,22,24). The summed E-state index contributed by atoms with van der Waals surface area (Å²) < 4.78 is 11.3. The van der Waals surface area contributed by atoms with Gasteiger partial charge >= 0.3 is 0 Å². The SMILES string of the molecule is COc1c(NC(=O)c2ccccc2)ccc2oc(-c3cccnc3)nc12. The van der Waals surface area contributed by atoms with Crippen molar-refractivity contribution < 1.29 is 13.9 Å². The molecule has 4 rings (SSSR count). The van der Waals surface area contributed by atoms with Gasteiger partial charge in [0.25, 0.3) is 5.91 Å². The number of rotatable bonds is 4. The summed E-state index contributed by atoms with van der Waals surface area (Å²) in [7, 11) is 1.53. The molecule has 0 aliphatic heterocycles. The zero-order chi connectivity index (χ0) is 17.9. The average Bonchev–Trinajstić information content (AvgIpc) is 3.13. The summed E-state index contributed by atoms with van der Waals surface area (Å²) in [5.41, 5.74) is 2.96. The first-order chi connectivity index (χ1) is 12.8. The highest BCUT2D eigenvalue weighted by Gasteiger charge is 2.17. The first-order valence-electron chi connectivity index (χ1n) is 8.00. The van der Waals surface area contributed by atoms with Gasteiger partial charge in [-0.25, -0.2) is 4.98 Å². The summed E-state index contributed by atoms with van der Waals surface area (Å²) in [5, 5.41) is 2.86. The van der Waals surface area contributed by atoms with E-state index in [1.54, 1.807) is 36.7 Å². The van der Waals surface area contributed by atoms with Crippen LogP contribution in [0.1, 0.15) is 10.4 Å². The number of methoxy groups -OCH3 is 1. The van der Waals surface area contributed by atoms with Gasteiger partial charge in [-0.3, -0.25) is 9.78 Å². The number of nitrogens with zero attached hydrogens (tertiary/aromatic N) is 2. The third kappa shape index (κ3) is 2.88. The van der Waals surface area contributed by atoms with Crippen molar-refractivity contribution >= 4 is 22.7 Å². The van der Waals surface area contributed by atoms with Crippen LogP contribution in [0.5, 0.6) is 5.75 Å². The number of carbonyl (C=O) groups is 1. The number of benzene rings is 2. The molecule has 0 unspecified atom stereocenters. The molecule has 0 bridgehead atoms. The number of carbonyl (C=O) groups excluding carboxylic acids is 1. The number of amides is 1. The van der Waals surface area contributed by atoms with Gasteiger partial charge in [0.15, 0.2) is 16.8 Å². The highest BCUT2D eigenvalue weighted by molar-refractivity contribution is 6.06. The molecule has 0 saturated heterocycles. The Hall–Kier alpha value is -3.67. The lowest BCUT2D eigenvalue weighted by Crippen LogP contribution is -2.12. The predicted molar refractivity (Wildman–Crippen MR) is 98.2 cm³/mol. The molecule has 0 spiro atoms. The predicted octanol–water partition coefficient (Wildman–Crippen LogP) is 4.15. The molecule has 1 amide bonds. The molecule has 6 heteroatoms. The van der Waals surface area contributed by atoms with Crippen LogP contribution in [-0.4, -0.2) is 23.0 Å². The van der Waals surface area contributed by atoms with Crippen LogP contribution < -0.4 is 10.1 Å². The molecule has 0 atom stereocenters. The fraction of sp³-hybridized carbons (Fsp3) is 0.0500. The van der Waals surface area contributed by atoms with Gasteiger partial charge in [0.2, 0.25) is 5.89 Å². The summed E-state index contributed by atoms with van der Waals surface area (Å²) in [6.45, 7) is 0. The summed E-state index contributed by atoms with van der Waals surface area (Å²) in [6, 6.07) is 16.1. The highest BCUT2D eigenvalue weighted by atomic mass is 16.5. The second-order valence-corrected chi connectivity index (χ2v) is 5.57. The quantitative estimate of drug-likeness (QED) is 0.601. The normalized spacial score (nSPS) is 10.7. The summed E-state index contributed by atoms with van der Waals surface area (Å²) in [4.78, 5) is 21.0. The van der Waals surface area contributed by atoms with Crippen LogP contribution in [0.4, 0.5) is 5.69 Å². The van der Waals surface area contributed by atoms with Gasteiger partial charge in [0.05, 0.1) is 18.4 Å². The van der Waals surface area contributed by atoms with Crippen LogP contribution in [0.15, 0.2) is 71.4 Å². The molecule has 128 valence electrons. The highest BCUT2D eigenvalue weighted by Crippen LogP contribution is 2.35. The molecule has 6 nitrogen and oxygen atoms in total. The monoisotopic (exact) mass is 345 g/mol. The molecule has 2 aromatic carbocycles. The van der Waals surface area contributed by atoms with Crippen LogP contribution in [0.3, 0.4) is 0 Å². The van der Waals surface area contributed by atoms with E-state index in [1.165, 1.54) is 7.11 Å². The van der Waals surface area contributed by atoms with Crippen molar-refractivity contribution in [1.82, 2.24) is 9.97 Å². The van der Waals surface area contributed by atoms with Crippen molar-refractivity contribution in [3.63, 3.8) is 0 Å². The van der Waals surface area contributed by atoms with Crippen molar-refractivity contribution in [3.05, 3.63) is 72.6 Å². The summed E-state index contributed by atoms with van der Waals surface area (Å²) in [6.07, 6.45) is 3.36. The minimum absolute atomic E-state index is 0.223. The topological polar surface area (TPSA) is 77.2 Å². The Morgan fingerprint density at radius 2 is 1.92 bits per heavy atom. The van der Waals surface area contributed by atoms with E-state index in [0.717, 1.165) is 5.56 Å². The molecular formula is C20H15N3O3. The minimum atomic E-state index is -0.223. The van der Waals surface area contributed by atoms with E-state index in [0.29, 0.717) is 34.0 Å². The number of pyridine rings is 1. The molecule has 0 saturated carbocycles. The van der Waals surface area contributed by atoms with Gasteiger partial charge in [-0.2, -0.15) is 0 Å². The fourth-order valence-corrected chi connectivity index (χ4v) is 2.67. The molecule has 0 radical (unpaired) electrons. The van der Waals surface area contributed by atoms with Crippen molar-refractivity contribution in [1.29, 1.82) is 0 Å². The van der Waals surface area contributed by atoms with E-state index >= 15 is 0 Å². The largest absolute Gasteiger partial charge is 0.492 e. The molecular weight excluding hydrogens is 330 g/mol. The van der Waals surface area contributed by atoms with Gasteiger partial charge in [-0.05, 0) is 36.4 Å². The zero-order valence-electron chi connectivity index (χ0n) is 14.0. The Bertz CT molecular complexity index is 1060. The Morgan fingerprint density at radius 1 is 1.08 bits per heavy atom. The number of hydrogen-bond acceptors (Lipinski definition) is 5. The zero-order valence-corrected chi connectivity index (χ0v) is 14.0. The van der Waals surface area contributed by atoms with Crippen molar-refractivity contribution in [2.45, 2.75) is 0 Å². The Morgan fingerprint density at radius 3 is 2.65 bits per heavy atom. The Kier molecular flexibility index (Phi) is 4.07. The van der Waals surface area contributed by atoms with E-state index in [-0.39, 0.29) is 5.91 Å². The molecule has 26 heavy (non-hydrogen) atoms. The molecule has 0 aliphatic carbocycles. The number of hydrogen-bond donors (Lipinski definition) is 1. The van der Waals surface area contributed by atoms with Crippen LogP contribution in [-0.2, 0) is 0 Å². The lowest BCUT2D eigenvalue weighted by atomic mass is 10.2. The van der Waals surface area contributed by atoms with E-state index in [9.17, 15) is 4.79 Å². The molecule has 4 aromatic rings. The number of nitrogens with one attached hydrogen (secondary N) is 1. The van der Waals surface area contributed by atoms with Crippen LogP contribution in [0, 0.1) is 0 Å². The number of aromatic nitrogens is 2. The lowest BCUT2D eigenvalue weighted by Gasteiger charge is -2.10. The van der Waals surface area contributed by atoms with Gasteiger partial charge in [-0.15, -0.1) is 0 Å². The average molecular weight is 345 g/mol. The maximum Gasteiger partial charge on any atom is 0.255 e. The third-order valence-electron chi connectivity index (χ3n) is 3.91. The first-order valence-corrected chi connectivity index (χ1v) is 8.00. The van der Waals surface area contributed by atoms with Gasteiger partial charge in [0.1, 0.15) is 0 Å². The molecule has 2 aromatic heterocycles. The minimum Gasteiger partial charge on any atom is -0.492 e. The number of anilines is 1. The fourth-order valence-electron chi connectivity index (χ4n) is 2.67. The van der Waals surface area contributed by atoms with Crippen LogP contribution >= 0.6 is 0 Å². The Balaban J connectivity index is 1.73. The van der Waals surface area contributed by atoms with Crippen molar-refractivity contribution in [3.8, 4) is 17.2 Å². The first kappa shape index (κ1) is 15.8. The molecule has 1 N–H and O–H groups in total. The van der Waals surface area contributed by atoms with Crippen molar-refractivity contribution in [2.75, 3.05) is 12.4 Å². The number of fused-ring (bicyclic) bond motifs is 1. The van der Waals surface area contributed by atoms with E-state index in [4.69, 9.17) is 9.15 Å². The Labute approximate surface area is 149 Å². The van der Waals surface area contributed by atoms with E-state index < -0.39 is 0 Å². The van der Waals surface area contributed by atoms with Gasteiger partial charge in [-0.1, -0.05) is 18.2 Å². The summed E-state index contributed by atoms with van der Waals surface area (Å²) >= 11 is 0. The van der Waals surface area contributed by atoms with E-state index in [1.807, 2.05) is 30.3 Å². The van der Waals surface area contributed by atoms with Crippen molar-refractivity contribution in [2.24, 2.45) is 0 Å². The second-order valence-electron chi connectivity index (χ2n) is 5.57. The maximum absolute atomic E-state index is 12.4. The number of oxazole rings is 1. The molecule has 0 aliphatic rings. The van der Waals surface area contributed by atoms with Gasteiger partial charge < -0.3 is 14.5 Å². The third-order valence-corrected chi connectivity index (χ3v) is 3.91. The molecule has 0 fully saturated rings. The van der Waals surface area contributed by atoms with Gasteiger partial charge in [0, 0.05) is 18.0 Å². The van der Waals surface area contributed by atoms with E-state index in [2.05, 4.69) is 15.3 Å². The van der Waals surface area contributed by atoms with Crippen LogP contribution in [0.25, 0.3) is 22.6 Å². The summed E-state index contributed by atoms with van der Waals surface area (Å²) in [5.74, 6) is 0.669. The number of ether oxygens (including phenoxy) is 1. The lowest BCUT2D eigenvalue weighted by molar-refractivity contribution is 0.102. The smallest absolute Gasteiger partial charge is 0.255 e. The van der Waals surface area contributed by atoms with Crippen LogP contribution in [0.2, 0.25) is 0 Å².